The van der Waals surface area contributed by atoms with Gasteiger partial charge in [-0.3, -0.25) is 4.79 Å². The number of rotatable bonds is 1. The fourth-order valence-electron chi connectivity index (χ4n) is 2.58. The van der Waals surface area contributed by atoms with E-state index >= 15 is 0 Å². The van der Waals surface area contributed by atoms with Crippen molar-refractivity contribution in [2.45, 2.75) is 59.5 Å². The average molecular weight is 435 g/mol. The second kappa shape index (κ2) is 7.77. The van der Waals surface area contributed by atoms with E-state index in [1.54, 1.807) is 0 Å². The molecule has 2 fully saturated rings. The van der Waals surface area contributed by atoms with E-state index in [2.05, 4.69) is 31.9 Å². The quantitative estimate of drug-likeness (QED) is 0.470. The highest BCUT2D eigenvalue weighted by molar-refractivity contribution is 9.09. The summed E-state index contributed by atoms with van der Waals surface area (Å²) in [6.45, 7) is 2.51. The van der Waals surface area contributed by atoms with Crippen molar-refractivity contribution in [2.24, 2.45) is 0 Å². The maximum atomic E-state index is 11.2. The Labute approximate surface area is 141 Å². The molecule has 0 aromatic heterocycles. The van der Waals surface area contributed by atoms with Crippen LogP contribution in [0.4, 0.5) is 0 Å². The summed E-state index contributed by atoms with van der Waals surface area (Å²) in [5.41, 5.74) is 0. The average Bonchev–Trinajstić information content (AvgIpc) is 2.72. The Balaban J connectivity index is 2.05. The van der Waals surface area contributed by atoms with Crippen molar-refractivity contribution in [1.29, 1.82) is 0 Å². The Bertz CT molecular complexity index is 344. The smallest absolute Gasteiger partial charge is 0.302 e. The molecule has 20 heavy (non-hydrogen) atoms. The van der Waals surface area contributed by atoms with Gasteiger partial charge in [-0.15, -0.1) is 11.6 Å². The molecule has 4 nitrogen and oxygen atoms in total. The topological polar surface area (TPSA) is 44.8 Å². The summed E-state index contributed by atoms with van der Waals surface area (Å²) in [6, 6.07) is 0. The first-order valence-electron chi connectivity index (χ1n) is 6.80. The minimum absolute atomic E-state index is 0.0405. The van der Waals surface area contributed by atoms with Gasteiger partial charge in [-0.1, -0.05) is 31.9 Å². The van der Waals surface area contributed by atoms with Gasteiger partial charge in [-0.2, -0.15) is 0 Å². The molecule has 2 saturated heterocycles. The van der Waals surface area contributed by atoms with Crippen molar-refractivity contribution in [2.75, 3.05) is 13.2 Å². The molecule has 0 unspecified atom stereocenters. The Morgan fingerprint density at radius 3 is 2.65 bits per heavy atom. The summed E-state index contributed by atoms with van der Waals surface area (Å²) < 4.78 is 17.0. The molecule has 0 N–H and O–H groups in total. The Kier molecular flexibility index (Phi) is 6.60. The molecule has 0 aromatic carbocycles. The Hall–Kier alpha value is 0.640. The SMILES string of the molecule is CC(=O)O[C@H]1CCOC[C@H](Br)[C@H]2C[C@H](Br)[C@H](C[C@H]1Cl)O2. The number of carbonyl (C=O) groups is 1. The minimum Gasteiger partial charge on any atom is -0.461 e. The lowest BCUT2D eigenvalue weighted by molar-refractivity contribution is -0.147. The summed E-state index contributed by atoms with van der Waals surface area (Å²) in [7, 11) is 0. The number of fused-ring (bicyclic) bond motifs is 2. The predicted molar refractivity (Wildman–Crippen MR) is 84.0 cm³/mol. The van der Waals surface area contributed by atoms with E-state index in [1.807, 2.05) is 0 Å². The van der Waals surface area contributed by atoms with Crippen LogP contribution in [0.2, 0.25) is 0 Å². The van der Waals surface area contributed by atoms with Gasteiger partial charge in [0.1, 0.15) is 6.10 Å². The van der Waals surface area contributed by atoms with E-state index < -0.39 is 0 Å². The van der Waals surface area contributed by atoms with Crippen LogP contribution in [0.25, 0.3) is 0 Å². The second-order valence-electron chi connectivity index (χ2n) is 5.24. The van der Waals surface area contributed by atoms with Gasteiger partial charge in [0.25, 0.3) is 0 Å². The van der Waals surface area contributed by atoms with Crippen LogP contribution in [-0.2, 0) is 19.0 Å². The van der Waals surface area contributed by atoms with Crippen molar-refractivity contribution >= 4 is 49.4 Å². The van der Waals surface area contributed by atoms with Gasteiger partial charge in [0.2, 0.25) is 0 Å². The number of alkyl halides is 3. The summed E-state index contributed by atoms with van der Waals surface area (Å²) in [4.78, 5) is 11.6. The highest BCUT2D eigenvalue weighted by Crippen LogP contribution is 2.35. The third-order valence-corrected chi connectivity index (χ3v) is 5.89. The van der Waals surface area contributed by atoms with Gasteiger partial charge in [0.15, 0.2) is 0 Å². The Morgan fingerprint density at radius 1 is 1.25 bits per heavy atom. The van der Waals surface area contributed by atoms with Crippen molar-refractivity contribution < 1.29 is 19.0 Å². The maximum absolute atomic E-state index is 11.2. The molecular formula is C13H19Br2ClO4. The molecule has 2 aliphatic rings. The van der Waals surface area contributed by atoms with Crippen LogP contribution in [0.3, 0.4) is 0 Å². The van der Waals surface area contributed by atoms with Gasteiger partial charge in [0, 0.05) is 18.2 Å². The van der Waals surface area contributed by atoms with E-state index in [0.29, 0.717) is 26.1 Å². The number of hydrogen-bond acceptors (Lipinski definition) is 4. The molecule has 0 amide bonds. The molecule has 0 aromatic rings. The molecule has 0 spiro atoms. The van der Waals surface area contributed by atoms with Crippen LogP contribution in [-0.4, -0.2) is 52.5 Å². The zero-order valence-corrected chi connectivity index (χ0v) is 15.2. The van der Waals surface area contributed by atoms with Gasteiger partial charge in [-0.25, -0.2) is 0 Å². The summed E-state index contributed by atoms with van der Waals surface area (Å²) in [5, 5.41) is -0.266. The molecule has 116 valence electrons. The molecule has 2 rings (SSSR count). The number of hydrogen-bond donors (Lipinski definition) is 0. The normalized spacial score (nSPS) is 42.8. The van der Waals surface area contributed by atoms with Gasteiger partial charge < -0.3 is 14.2 Å². The zero-order valence-electron chi connectivity index (χ0n) is 11.3. The molecule has 0 aliphatic carbocycles. The van der Waals surface area contributed by atoms with Gasteiger partial charge in [-0.05, 0) is 12.8 Å². The van der Waals surface area contributed by atoms with Crippen LogP contribution < -0.4 is 0 Å². The second-order valence-corrected chi connectivity index (χ2v) is 8.16. The van der Waals surface area contributed by atoms with Gasteiger partial charge >= 0.3 is 5.97 Å². The lowest BCUT2D eigenvalue weighted by Crippen LogP contribution is -2.32. The number of ether oxygens (including phenoxy) is 3. The van der Waals surface area contributed by atoms with E-state index in [0.717, 1.165) is 6.42 Å². The van der Waals surface area contributed by atoms with E-state index in [1.165, 1.54) is 6.92 Å². The van der Waals surface area contributed by atoms with Crippen LogP contribution in [0, 0.1) is 0 Å². The summed E-state index contributed by atoms with van der Waals surface area (Å²) >= 11 is 13.7. The van der Waals surface area contributed by atoms with Crippen LogP contribution in [0.5, 0.6) is 0 Å². The van der Waals surface area contributed by atoms with Crippen molar-refractivity contribution in [3.05, 3.63) is 0 Å². The molecular weight excluding hydrogens is 415 g/mol. The Morgan fingerprint density at radius 2 is 1.95 bits per heavy atom. The first-order chi connectivity index (χ1) is 9.47. The third-order valence-electron chi connectivity index (χ3n) is 3.62. The lowest BCUT2D eigenvalue weighted by Gasteiger charge is -2.24. The summed E-state index contributed by atoms with van der Waals surface area (Å²) in [6.07, 6.45) is 2.02. The van der Waals surface area contributed by atoms with E-state index in [9.17, 15) is 4.79 Å². The standard InChI is InChI=1S/C13H19Br2ClO4/c1-7(17)19-11-2-3-18-6-9(15)12-4-8(14)13(20-12)5-10(11)16/h8-13H,2-6H2,1H3/t8-,9-,10+,11-,12+,13-/m0/s1. The maximum Gasteiger partial charge on any atom is 0.302 e. The predicted octanol–water partition coefficient (Wildman–Crippen LogP) is 3.02. The fraction of sp³-hybridized carbons (Fsp3) is 0.923. The lowest BCUT2D eigenvalue weighted by atomic mass is 10.0. The van der Waals surface area contributed by atoms with Crippen LogP contribution in [0.15, 0.2) is 0 Å². The number of halogens is 3. The van der Waals surface area contributed by atoms with Gasteiger partial charge in [0.05, 0.1) is 35.6 Å². The number of carbonyl (C=O) groups excluding carboxylic acids is 1. The van der Waals surface area contributed by atoms with E-state index in [-0.39, 0.29) is 39.3 Å². The fourth-order valence-corrected chi connectivity index (χ4v) is 4.17. The molecule has 2 bridgehead atoms. The highest BCUT2D eigenvalue weighted by atomic mass is 79.9. The van der Waals surface area contributed by atoms with Crippen molar-refractivity contribution in [1.82, 2.24) is 0 Å². The largest absolute Gasteiger partial charge is 0.461 e. The molecule has 0 saturated carbocycles. The zero-order chi connectivity index (χ0) is 14.7. The highest BCUT2D eigenvalue weighted by Gasteiger charge is 2.40. The molecule has 0 radical (unpaired) electrons. The first-order valence-corrected chi connectivity index (χ1v) is 9.06. The van der Waals surface area contributed by atoms with Crippen LogP contribution >= 0.6 is 43.5 Å². The molecule has 2 aliphatic heterocycles. The molecule has 7 heteroatoms. The molecule has 2 heterocycles. The molecule has 6 atom stereocenters. The first kappa shape index (κ1) is 17.0. The third kappa shape index (κ3) is 4.57. The van der Waals surface area contributed by atoms with Crippen molar-refractivity contribution in [3.63, 3.8) is 0 Å². The summed E-state index contributed by atoms with van der Waals surface area (Å²) in [5.74, 6) is -0.311. The van der Waals surface area contributed by atoms with E-state index in [4.69, 9.17) is 25.8 Å². The monoisotopic (exact) mass is 432 g/mol. The van der Waals surface area contributed by atoms with Crippen LogP contribution in [0.1, 0.15) is 26.2 Å². The number of esters is 1. The van der Waals surface area contributed by atoms with Crippen molar-refractivity contribution in [3.8, 4) is 0 Å². The minimum atomic E-state index is -0.330.